The first kappa shape index (κ1) is 28.4. The Morgan fingerprint density at radius 3 is 2.49 bits per heavy atom. The summed E-state index contributed by atoms with van der Waals surface area (Å²) >= 11 is 5.81. The van der Waals surface area contributed by atoms with Crippen molar-refractivity contribution in [1.29, 1.82) is 0 Å². The molecule has 0 fully saturated rings. The number of carbonyl (C=O) groups is 2. The van der Waals surface area contributed by atoms with Crippen LogP contribution in [-0.4, -0.2) is 54.9 Å². The summed E-state index contributed by atoms with van der Waals surface area (Å²) in [6.45, 7) is 0.877. The summed E-state index contributed by atoms with van der Waals surface area (Å²) in [6, 6.07) is 24.5. The van der Waals surface area contributed by atoms with Crippen LogP contribution in [0.15, 0.2) is 96.0 Å². The first-order valence-corrected chi connectivity index (χ1v) is 15.6. The third-order valence-corrected chi connectivity index (χ3v) is 9.12. The van der Waals surface area contributed by atoms with Crippen LogP contribution in [0.1, 0.15) is 21.6 Å². The Morgan fingerprint density at radius 2 is 1.77 bits per heavy atom. The highest BCUT2D eigenvalue weighted by atomic mass is 35.5. The summed E-state index contributed by atoms with van der Waals surface area (Å²) in [5.74, 6) is -0.0234. The van der Waals surface area contributed by atoms with Gasteiger partial charge in [-0.3, -0.25) is 9.78 Å². The van der Waals surface area contributed by atoms with Gasteiger partial charge in [0.05, 0.1) is 16.1 Å². The topological polar surface area (TPSA) is 113 Å². The molecule has 0 aliphatic carbocycles. The number of pyridine rings is 1. The van der Waals surface area contributed by atoms with Gasteiger partial charge in [-0.05, 0) is 84.6 Å². The number of likely N-dealkylation sites (N-methyl/N-ethyl adjacent to an activating group) is 1. The van der Waals surface area contributed by atoms with Gasteiger partial charge in [-0.1, -0.05) is 35.9 Å². The van der Waals surface area contributed by atoms with Gasteiger partial charge in [0.1, 0.15) is 5.69 Å². The molecule has 3 amide bonds. The molecule has 0 spiro atoms. The van der Waals surface area contributed by atoms with E-state index in [-0.39, 0.29) is 17.3 Å². The maximum Gasteiger partial charge on any atom is 0.328 e. The van der Waals surface area contributed by atoms with Crippen LogP contribution in [0.4, 0.5) is 4.79 Å². The number of hydrogen-bond acceptors (Lipinski definition) is 5. The summed E-state index contributed by atoms with van der Waals surface area (Å²) < 4.78 is 28.9. The molecular formula is C32H28ClN5O4S. The van der Waals surface area contributed by atoms with E-state index in [2.05, 4.69) is 16.4 Å². The zero-order valence-corrected chi connectivity index (χ0v) is 24.8. The molecule has 0 unspecified atom stereocenters. The average Bonchev–Trinajstić information content (AvgIpc) is 3.34. The molecule has 9 nitrogen and oxygen atoms in total. The number of amides is 3. The third kappa shape index (κ3) is 5.71. The molecule has 0 radical (unpaired) electrons. The standard InChI is InChI=1S/C32H28ClN5O4S/c1-37-19-16-26-27-20-22(28-4-2-3-17-34-28)7-14-29(27)38(30(26)31(37)39)24-10-5-21(6-11-24)15-18-35-32(40)36-43(41,42)25-12-8-23(33)9-13-25/h2-14,17,20H,15-16,18-19H2,1H3,(H2,35,36,40). The Labute approximate surface area is 254 Å². The maximum atomic E-state index is 13.4. The molecular weight excluding hydrogens is 586 g/mol. The lowest BCUT2D eigenvalue weighted by Gasteiger charge is -2.24. The van der Waals surface area contributed by atoms with Gasteiger partial charge in [0, 0.05) is 48.0 Å². The molecule has 2 N–H and O–H groups in total. The average molecular weight is 614 g/mol. The first-order chi connectivity index (χ1) is 20.7. The molecule has 0 saturated carbocycles. The highest BCUT2D eigenvalue weighted by Gasteiger charge is 2.30. The summed E-state index contributed by atoms with van der Waals surface area (Å²) in [6.07, 6.45) is 3.01. The highest BCUT2D eigenvalue weighted by Crippen LogP contribution is 2.35. The van der Waals surface area contributed by atoms with Crippen LogP contribution < -0.4 is 10.0 Å². The van der Waals surface area contributed by atoms with Crippen molar-refractivity contribution < 1.29 is 18.0 Å². The maximum absolute atomic E-state index is 13.4. The zero-order chi connectivity index (χ0) is 30.1. The number of fused-ring (bicyclic) bond motifs is 3. The lowest BCUT2D eigenvalue weighted by Crippen LogP contribution is -2.40. The van der Waals surface area contributed by atoms with Crippen LogP contribution in [-0.2, 0) is 22.9 Å². The van der Waals surface area contributed by atoms with E-state index in [1.54, 1.807) is 11.1 Å². The van der Waals surface area contributed by atoms with E-state index < -0.39 is 16.1 Å². The van der Waals surface area contributed by atoms with Crippen LogP contribution in [0, 0.1) is 0 Å². The van der Waals surface area contributed by atoms with E-state index in [4.69, 9.17) is 11.6 Å². The van der Waals surface area contributed by atoms with Gasteiger partial charge in [-0.2, -0.15) is 0 Å². The van der Waals surface area contributed by atoms with Crippen molar-refractivity contribution in [2.24, 2.45) is 0 Å². The van der Waals surface area contributed by atoms with Crippen molar-refractivity contribution in [2.75, 3.05) is 20.1 Å². The van der Waals surface area contributed by atoms with E-state index in [9.17, 15) is 18.0 Å². The van der Waals surface area contributed by atoms with Crippen LogP contribution >= 0.6 is 11.6 Å². The molecule has 6 rings (SSSR count). The quantitative estimate of drug-likeness (QED) is 0.262. The normalized spacial score (nSPS) is 13.2. The van der Waals surface area contributed by atoms with E-state index in [1.807, 2.05) is 70.9 Å². The fraction of sp³-hybridized carbons (Fsp3) is 0.156. The Bertz CT molecular complexity index is 1940. The van der Waals surface area contributed by atoms with Crippen molar-refractivity contribution in [2.45, 2.75) is 17.7 Å². The fourth-order valence-electron chi connectivity index (χ4n) is 5.32. The van der Waals surface area contributed by atoms with Crippen molar-refractivity contribution in [3.8, 4) is 16.9 Å². The molecule has 1 aliphatic heterocycles. The number of halogens is 1. The largest absolute Gasteiger partial charge is 0.340 e. The summed E-state index contributed by atoms with van der Waals surface area (Å²) in [5, 5.41) is 4.02. The number of nitrogens with one attached hydrogen (secondary N) is 2. The van der Waals surface area contributed by atoms with Crippen LogP contribution in [0.2, 0.25) is 5.02 Å². The molecule has 0 bridgehead atoms. The number of carbonyl (C=O) groups excluding carboxylic acids is 2. The molecule has 3 heterocycles. The monoisotopic (exact) mass is 613 g/mol. The second kappa shape index (κ2) is 11.5. The summed E-state index contributed by atoms with van der Waals surface area (Å²) in [4.78, 5) is 31.9. The smallest absolute Gasteiger partial charge is 0.328 e. The molecule has 43 heavy (non-hydrogen) atoms. The van der Waals surface area contributed by atoms with E-state index in [0.29, 0.717) is 23.7 Å². The molecule has 5 aromatic rings. The minimum absolute atomic E-state index is 0.0234. The van der Waals surface area contributed by atoms with Gasteiger partial charge in [0.2, 0.25) is 0 Å². The van der Waals surface area contributed by atoms with Gasteiger partial charge in [0.15, 0.2) is 0 Å². The Morgan fingerprint density at radius 1 is 1.00 bits per heavy atom. The summed E-state index contributed by atoms with van der Waals surface area (Å²) in [5.41, 5.74) is 6.30. The molecule has 3 aromatic carbocycles. The molecule has 218 valence electrons. The minimum Gasteiger partial charge on any atom is -0.340 e. The number of sulfonamides is 1. The predicted molar refractivity (Wildman–Crippen MR) is 166 cm³/mol. The van der Waals surface area contributed by atoms with Gasteiger partial charge < -0.3 is 14.8 Å². The van der Waals surface area contributed by atoms with Gasteiger partial charge in [0.25, 0.3) is 15.9 Å². The van der Waals surface area contributed by atoms with Gasteiger partial charge in [-0.25, -0.2) is 17.9 Å². The van der Waals surface area contributed by atoms with E-state index >= 15 is 0 Å². The summed E-state index contributed by atoms with van der Waals surface area (Å²) in [7, 11) is -2.19. The Balaban J connectivity index is 1.20. The molecule has 0 atom stereocenters. The van der Waals surface area contributed by atoms with Crippen molar-refractivity contribution in [1.82, 2.24) is 24.5 Å². The SMILES string of the molecule is CN1CCc2c(n(-c3ccc(CCNC(=O)NS(=O)(=O)c4ccc(Cl)cc4)cc3)c3ccc(-c4ccccn4)cc23)C1=O. The molecule has 2 aromatic heterocycles. The van der Waals surface area contributed by atoms with Crippen molar-refractivity contribution in [3.05, 3.63) is 113 Å². The Hall–Kier alpha value is -4.67. The fourth-order valence-corrected chi connectivity index (χ4v) is 6.37. The molecule has 11 heteroatoms. The number of aromatic nitrogens is 2. The molecule has 0 saturated heterocycles. The lowest BCUT2D eigenvalue weighted by molar-refractivity contribution is 0.0773. The van der Waals surface area contributed by atoms with Crippen molar-refractivity contribution >= 4 is 44.5 Å². The predicted octanol–water partition coefficient (Wildman–Crippen LogP) is 5.20. The number of nitrogens with zero attached hydrogens (tertiary/aromatic N) is 3. The number of benzene rings is 3. The third-order valence-electron chi connectivity index (χ3n) is 7.52. The van der Waals surface area contributed by atoms with Crippen LogP contribution in [0.25, 0.3) is 27.8 Å². The Kier molecular flexibility index (Phi) is 7.64. The second-order valence-corrected chi connectivity index (χ2v) is 12.4. The second-order valence-electron chi connectivity index (χ2n) is 10.3. The number of urea groups is 1. The number of hydrogen-bond donors (Lipinski definition) is 2. The zero-order valence-electron chi connectivity index (χ0n) is 23.2. The minimum atomic E-state index is -4.01. The highest BCUT2D eigenvalue weighted by molar-refractivity contribution is 7.90. The van der Waals surface area contributed by atoms with E-state index in [1.165, 1.54) is 24.3 Å². The van der Waals surface area contributed by atoms with E-state index in [0.717, 1.165) is 45.4 Å². The molecule has 1 aliphatic rings. The lowest BCUT2D eigenvalue weighted by atomic mass is 10.0. The van der Waals surface area contributed by atoms with Gasteiger partial charge >= 0.3 is 6.03 Å². The van der Waals surface area contributed by atoms with Crippen LogP contribution in [0.5, 0.6) is 0 Å². The number of rotatable bonds is 7. The first-order valence-electron chi connectivity index (χ1n) is 13.7. The van der Waals surface area contributed by atoms with Crippen molar-refractivity contribution in [3.63, 3.8) is 0 Å². The van der Waals surface area contributed by atoms with Gasteiger partial charge in [-0.15, -0.1) is 0 Å². The van der Waals surface area contributed by atoms with Crippen LogP contribution in [0.3, 0.4) is 0 Å².